The van der Waals surface area contributed by atoms with Crippen LogP contribution < -0.4 is 14.9 Å². The van der Waals surface area contributed by atoms with Gasteiger partial charge in [0.2, 0.25) is 5.43 Å². The minimum atomic E-state index is -0.233. The Kier molecular flexibility index (Phi) is 22.9. The van der Waals surface area contributed by atoms with Crippen LogP contribution >= 0.6 is 0 Å². The summed E-state index contributed by atoms with van der Waals surface area (Å²) < 4.78 is 11.2. The first kappa shape index (κ1) is 34.2. The Labute approximate surface area is 234 Å². The highest BCUT2D eigenvalue weighted by Crippen LogP contribution is 2.16. The van der Waals surface area contributed by atoms with Crippen molar-refractivity contribution in [3.05, 3.63) is 34.5 Å². The maximum absolute atomic E-state index is 12.3. The summed E-state index contributed by atoms with van der Waals surface area (Å²) in [6, 6.07) is 6.29. The molecule has 0 unspecified atom stereocenters. The van der Waals surface area contributed by atoms with E-state index >= 15 is 0 Å². The summed E-state index contributed by atoms with van der Waals surface area (Å²) in [4.78, 5) is 24.5. The molecule has 0 atom stereocenters. The average molecular weight is 531 g/mol. The lowest BCUT2D eigenvalue weighted by Crippen LogP contribution is -2.07. The Hall–Kier alpha value is -1.84. The van der Waals surface area contributed by atoms with Crippen molar-refractivity contribution in [1.82, 2.24) is 0 Å². The fourth-order valence-electron chi connectivity index (χ4n) is 4.79. The van der Waals surface area contributed by atoms with E-state index in [4.69, 9.17) is 9.47 Å². The van der Waals surface area contributed by atoms with Crippen molar-refractivity contribution in [3.8, 4) is 11.5 Å². The zero-order chi connectivity index (χ0) is 27.5. The van der Waals surface area contributed by atoms with Crippen molar-refractivity contribution < 1.29 is 14.3 Å². The number of carbonyl (C=O) groups excluding carboxylic acids is 1. The highest BCUT2D eigenvalue weighted by atomic mass is 16.5. The SMILES string of the molecule is CCCCCCCCCCCCCCC(=O)Oc1ccc(OCCCCCCCCCCCC)c(=O)cc1. The molecule has 0 spiro atoms. The van der Waals surface area contributed by atoms with Crippen molar-refractivity contribution in [2.75, 3.05) is 6.61 Å². The van der Waals surface area contributed by atoms with Crippen molar-refractivity contribution in [3.63, 3.8) is 0 Å². The highest BCUT2D eigenvalue weighted by molar-refractivity contribution is 5.72. The minimum absolute atomic E-state index is 0.180. The molecule has 1 aromatic rings. The molecule has 1 aromatic carbocycles. The molecule has 218 valence electrons. The number of esters is 1. The summed E-state index contributed by atoms with van der Waals surface area (Å²) in [5.74, 6) is 0.493. The maximum Gasteiger partial charge on any atom is 0.311 e. The van der Waals surface area contributed by atoms with Crippen LogP contribution in [0.4, 0.5) is 0 Å². The Morgan fingerprint density at radius 2 is 0.974 bits per heavy atom. The third-order valence-electron chi connectivity index (χ3n) is 7.26. The lowest BCUT2D eigenvalue weighted by atomic mass is 10.0. The number of ether oxygens (including phenoxy) is 2. The predicted octanol–water partition coefficient (Wildman–Crippen LogP) is 10.3. The molecular formula is C34H58O4. The molecule has 0 heterocycles. The molecule has 38 heavy (non-hydrogen) atoms. The van der Waals surface area contributed by atoms with Crippen LogP contribution in [-0.4, -0.2) is 12.6 Å². The quantitative estimate of drug-likeness (QED) is 0.0883. The standard InChI is InChI=1S/C34H58O4/c1-3-5-7-9-11-13-15-16-17-19-21-23-25-34(36)38-31-26-28-32(35)33(29-27-31)37-30-24-22-20-18-14-12-10-8-6-4-2/h26-29H,3-25,30H2,1-2H3. The monoisotopic (exact) mass is 530 g/mol. The van der Waals surface area contributed by atoms with E-state index in [-0.39, 0.29) is 11.4 Å². The molecule has 0 bridgehead atoms. The van der Waals surface area contributed by atoms with Gasteiger partial charge in [0.1, 0.15) is 5.75 Å². The molecule has 0 radical (unpaired) electrons. The number of carbonyl (C=O) groups is 1. The molecule has 0 N–H and O–H groups in total. The van der Waals surface area contributed by atoms with Crippen LogP contribution in [0, 0.1) is 0 Å². The molecule has 4 heteroatoms. The zero-order valence-electron chi connectivity index (χ0n) is 24.9. The zero-order valence-corrected chi connectivity index (χ0v) is 24.9. The van der Waals surface area contributed by atoms with Crippen molar-refractivity contribution in [2.45, 2.75) is 162 Å². The molecule has 0 aliphatic rings. The summed E-state index contributed by atoms with van der Waals surface area (Å²) in [5, 5.41) is 0. The van der Waals surface area contributed by atoms with Crippen LogP contribution in [0.3, 0.4) is 0 Å². The van der Waals surface area contributed by atoms with Gasteiger partial charge in [0.25, 0.3) is 0 Å². The van der Waals surface area contributed by atoms with Gasteiger partial charge in [0.15, 0.2) is 5.75 Å². The normalized spacial score (nSPS) is 11.0. The van der Waals surface area contributed by atoms with Crippen LogP contribution in [-0.2, 0) is 4.79 Å². The van der Waals surface area contributed by atoms with E-state index in [0.29, 0.717) is 24.5 Å². The summed E-state index contributed by atoms with van der Waals surface area (Å²) in [6.07, 6.45) is 28.3. The second-order valence-electron chi connectivity index (χ2n) is 10.9. The first-order valence-corrected chi connectivity index (χ1v) is 16.1. The lowest BCUT2D eigenvalue weighted by molar-refractivity contribution is -0.134. The van der Waals surface area contributed by atoms with Crippen LogP contribution in [0.5, 0.6) is 11.5 Å². The molecule has 4 nitrogen and oxygen atoms in total. The fraction of sp³-hybridized carbons (Fsp3) is 0.765. The molecule has 0 aliphatic heterocycles. The first-order chi connectivity index (χ1) is 18.7. The van der Waals surface area contributed by atoms with Gasteiger partial charge in [0, 0.05) is 6.42 Å². The van der Waals surface area contributed by atoms with Crippen LogP contribution in [0.1, 0.15) is 162 Å². The van der Waals surface area contributed by atoms with E-state index in [1.54, 1.807) is 18.2 Å². The minimum Gasteiger partial charge on any atom is -0.489 e. The van der Waals surface area contributed by atoms with Crippen LogP contribution in [0.2, 0.25) is 0 Å². The summed E-state index contributed by atoms with van der Waals surface area (Å²) in [7, 11) is 0. The van der Waals surface area contributed by atoms with E-state index in [1.807, 2.05) is 0 Å². The van der Waals surface area contributed by atoms with Gasteiger partial charge in [-0.3, -0.25) is 9.59 Å². The molecule has 0 saturated carbocycles. The highest BCUT2D eigenvalue weighted by Gasteiger charge is 2.06. The third kappa shape index (κ3) is 20.2. The van der Waals surface area contributed by atoms with Gasteiger partial charge in [0.05, 0.1) is 6.61 Å². The van der Waals surface area contributed by atoms with Crippen molar-refractivity contribution in [2.24, 2.45) is 0 Å². The van der Waals surface area contributed by atoms with E-state index < -0.39 is 0 Å². The first-order valence-electron chi connectivity index (χ1n) is 16.1. The Bertz CT molecular complexity index is 745. The molecule has 0 aliphatic carbocycles. The number of unbranched alkanes of at least 4 members (excludes halogenated alkanes) is 20. The van der Waals surface area contributed by atoms with E-state index in [9.17, 15) is 9.59 Å². The Morgan fingerprint density at radius 1 is 0.553 bits per heavy atom. The molecular weight excluding hydrogens is 472 g/mol. The lowest BCUT2D eigenvalue weighted by Gasteiger charge is -2.05. The van der Waals surface area contributed by atoms with Gasteiger partial charge in [-0.1, -0.05) is 142 Å². The molecule has 0 saturated heterocycles. The second kappa shape index (κ2) is 25.4. The number of hydrogen-bond acceptors (Lipinski definition) is 4. The van der Waals surface area contributed by atoms with E-state index in [0.717, 1.165) is 25.7 Å². The summed E-state index contributed by atoms with van der Waals surface area (Å²) >= 11 is 0. The van der Waals surface area contributed by atoms with Crippen LogP contribution in [0.25, 0.3) is 0 Å². The average Bonchev–Trinajstić information content (AvgIpc) is 3.08. The molecule has 0 fully saturated rings. The largest absolute Gasteiger partial charge is 0.489 e. The Balaban J connectivity index is 2.10. The van der Waals surface area contributed by atoms with Gasteiger partial charge in [-0.2, -0.15) is 0 Å². The van der Waals surface area contributed by atoms with E-state index in [2.05, 4.69) is 13.8 Å². The Morgan fingerprint density at radius 3 is 1.47 bits per heavy atom. The fourth-order valence-corrected chi connectivity index (χ4v) is 4.79. The number of hydrogen-bond donors (Lipinski definition) is 0. The van der Waals surface area contributed by atoms with E-state index in [1.165, 1.54) is 122 Å². The summed E-state index contributed by atoms with van der Waals surface area (Å²) in [5.41, 5.74) is -0.180. The predicted molar refractivity (Wildman–Crippen MR) is 161 cm³/mol. The summed E-state index contributed by atoms with van der Waals surface area (Å²) in [6.45, 7) is 5.06. The van der Waals surface area contributed by atoms with Gasteiger partial charge in [-0.25, -0.2) is 0 Å². The molecule has 0 aromatic heterocycles. The topological polar surface area (TPSA) is 52.6 Å². The van der Waals surface area contributed by atoms with Crippen molar-refractivity contribution >= 4 is 5.97 Å². The smallest absolute Gasteiger partial charge is 0.311 e. The van der Waals surface area contributed by atoms with Gasteiger partial charge in [-0.15, -0.1) is 0 Å². The molecule has 1 rings (SSSR count). The molecule has 0 amide bonds. The van der Waals surface area contributed by atoms with Gasteiger partial charge < -0.3 is 9.47 Å². The van der Waals surface area contributed by atoms with Crippen LogP contribution in [0.15, 0.2) is 29.1 Å². The van der Waals surface area contributed by atoms with Gasteiger partial charge >= 0.3 is 5.97 Å². The van der Waals surface area contributed by atoms with Gasteiger partial charge in [-0.05, 0) is 37.1 Å². The third-order valence-corrected chi connectivity index (χ3v) is 7.26. The number of rotatable bonds is 26. The maximum atomic E-state index is 12.3. The van der Waals surface area contributed by atoms with Crippen molar-refractivity contribution in [1.29, 1.82) is 0 Å². The second-order valence-corrected chi connectivity index (χ2v) is 10.9.